The van der Waals surface area contributed by atoms with Crippen LogP contribution in [0, 0.1) is 5.92 Å². The molecule has 2 atom stereocenters. The van der Waals surface area contributed by atoms with Crippen LogP contribution in [-0.4, -0.2) is 30.6 Å². The molecule has 2 unspecified atom stereocenters. The van der Waals surface area contributed by atoms with Crippen LogP contribution in [0.5, 0.6) is 0 Å². The summed E-state index contributed by atoms with van der Waals surface area (Å²) in [5.41, 5.74) is 0. The number of nitrogens with zero attached hydrogens (tertiary/aromatic N) is 1. The molecule has 1 aromatic heterocycles. The van der Waals surface area contributed by atoms with Gasteiger partial charge >= 0.3 is 0 Å². The normalized spacial score (nSPS) is 21.4. The molecule has 19 heavy (non-hydrogen) atoms. The van der Waals surface area contributed by atoms with Gasteiger partial charge in [0, 0.05) is 23.5 Å². The molecular formula is C16H28N2S. The summed E-state index contributed by atoms with van der Waals surface area (Å²) in [6.07, 6.45) is 3.92. The molecule has 0 aromatic carbocycles. The summed E-state index contributed by atoms with van der Waals surface area (Å²) < 4.78 is 0. The van der Waals surface area contributed by atoms with Crippen molar-refractivity contribution in [2.75, 3.05) is 19.6 Å². The van der Waals surface area contributed by atoms with Crippen LogP contribution < -0.4 is 5.32 Å². The molecule has 0 saturated carbocycles. The van der Waals surface area contributed by atoms with E-state index in [1.807, 2.05) is 11.3 Å². The first-order valence-corrected chi connectivity index (χ1v) is 8.61. The van der Waals surface area contributed by atoms with Crippen LogP contribution in [0.4, 0.5) is 0 Å². The van der Waals surface area contributed by atoms with Crippen molar-refractivity contribution in [2.24, 2.45) is 5.92 Å². The van der Waals surface area contributed by atoms with E-state index in [1.165, 1.54) is 43.8 Å². The van der Waals surface area contributed by atoms with Gasteiger partial charge in [-0.05, 0) is 49.7 Å². The Morgan fingerprint density at radius 2 is 2.32 bits per heavy atom. The molecule has 0 radical (unpaired) electrons. The van der Waals surface area contributed by atoms with Gasteiger partial charge in [-0.1, -0.05) is 26.8 Å². The summed E-state index contributed by atoms with van der Waals surface area (Å²) in [6.45, 7) is 10.6. The van der Waals surface area contributed by atoms with Crippen molar-refractivity contribution in [1.29, 1.82) is 0 Å². The zero-order valence-electron chi connectivity index (χ0n) is 12.6. The van der Waals surface area contributed by atoms with Crippen LogP contribution in [0.1, 0.15) is 51.0 Å². The summed E-state index contributed by atoms with van der Waals surface area (Å²) in [5.74, 6) is 0.673. The Morgan fingerprint density at radius 1 is 1.47 bits per heavy atom. The number of thiophene rings is 1. The Balaban J connectivity index is 2.09. The fraction of sp³-hybridized carbons (Fsp3) is 0.750. The summed E-state index contributed by atoms with van der Waals surface area (Å²) in [7, 11) is 0. The van der Waals surface area contributed by atoms with E-state index in [4.69, 9.17) is 0 Å². The van der Waals surface area contributed by atoms with Crippen LogP contribution in [0.15, 0.2) is 17.5 Å². The highest BCUT2D eigenvalue weighted by Crippen LogP contribution is 2.32. The Labute approximate surface area is 122 Å². The van der Waals surface area contributed by atoms with Gasteiger partial charge in [0.25, 0.3) is 0 Å². The first-order valence-electron chi connectivity index (χ1n) is 7.73. The van der Waals surface area contributed by atoms with Crippen molar-refractivity contribution < 1.29 is 0 Å². The second kappa shape index (κ2) is 7.41. The van der Waals surface area contributed by atoms with E-state index in [9.17, 15) is 0 Å². The van der Waals surface area contributed by atoms with Crippen molar-refractivity contribution in [1.82, 2.24) is 10.2 Å². The molecule has 0 aliphatic carbocycles. The summed E-state index contributed by atoms with van der Waals surface area (Å²) in [4.78, 5) is 4.24. The molecule has 1 saturated heterocycles. The van der Waals surface area contributed by atoms with Crippen molar-refractivity contribution in [3.63, 3.8) is 0 Å². The predicted octanol–water partition coefficient (Wildman–Crippen LogP) is 3.91. The molecule has 1 N–H and O–H groups in total. The van der Waals surface area contributed by atoms with Crippen LogP contribution in [-0.2, 0) is 0 Å². The highest BCUT2D eigenvalue weighted by molar-refractivity contribution is 7.10. The third-order valence-electron chi connectivity index (χ3n) is 3.99. The monoisotopic (exact) mass is 280 g/mol. The summed E-state index contributed by atoms with van der Waals surface area (Å²) in [5, 5.41) is 5.86. The number of hydrogen-bond acceptors (Lipinski definition) is 3. The van der Waals surface area contributed by atoms with E-state index in [0.29, 0.717) is 18.0 Å². The second-order valence-electron chi connectivity index (χ2n) is 5.99. The van der Waals surface area contributed by atoms with Gasteiger partial charge in [-0.3, -0.25) is 4.90 Å². The lowest BCUT2D eigenvalue weighted by molar-refractivity contribution is 0.145. The molecule has 2 heterocycles. The van der Waals surface area contributed by atoms with E-state index in [1.54, 1.807) is 0 Å². The summed E-state index contributed by atoms with van der Waals surface area (Å²) in [6, 6.07) is 5.78. The Hall–Kier alpha value is -0.380. The number of rotatable bonds is 7. The maximum Gasteiger partial charge on any atom is 0.0465 e. The van der Waals surface area contributed by atoms with Crippen molar-refractivity contribution in [2.45, 2.75) is 52.1 Å². The number of hydrogen-bond donors (Lipinski definition) is 1. The van der Waals surface area contributed by atoms with E-state index < -0.39 is 0 Å². The maximum atomic E-state index is 3.65. The first-order chi connectivity index (χ1) is 9.22. The van der Waals surface area contributed by atoms with Crippen molar-refractivity contribution in [3.8, 4) is 0 Å². The largest absolute Gasteiger partial charge is 0.313 e. The van der Waals surface area contributed by atoms with Gasteiger partial charge in [0.1, 0.15) is 0 Å². The second-order valence-corrected chi connectivity index (χ2v) is 6.97. The van der Waals surface area contributed by atoms with Crippen LogP contribution in [0.2, 0.25) is 0 Å². The summed E-state index contributed by atoms with van der Waals surface area (Å²) >= 11 is 1.91. The molecule has 1 aliphatic heterocycles. The molecule has 1 aliphatic rings. The van der Waals surface area contributed by atoms with Gasteiger partial charge in [0.15, 0.2) is 0 Å². The van der Waals surface area contributed by atoms with E-state index >= 15 is 0 Å². The Bertz CT molecular complexity index is 342. The molecule has 3 heteroatoms. The molecule has 1 aromatic rings. The van der Waals surface area contributed by atoms with Gasteiger partial charge in [-0.25, -0.2) is 0 Å². The topological polar surface area (TPSA) is 15.3 Å². The van der Waals surface area contributed by atoms with Crippen LogP contribution >= 0.6 is 11.3 Å². The Morgan fingerprint density at radius 3 is 2.84 bits per heavy atom. The fourth-order valence-electron chi connectivity index (χ4n) is 3.22. The van der Waals surface area contributed by atoms with Gasteiger partial charge in [0.2, 0.25) is 0 Å². The molecule has 0 amide bonds. The van der Waals surface area contributed by atoms with Gasteiger partial charge in [-0.2, -0.15) is 0 Å². The molecule has 108 valence electrons. The quantitative estimate of drug-likeness (QED) is 0.814. The maximum absolute atomic E-state index is 3.65. The minimum Gasteiger partial charge on any atom is -0.313 e. The fourth-order valence-corrected chi connectivity index (χ4v) is 4.25. The zero-order valence-corrected chi connectivity index (χ0v) is 13.4. The van der Waals surface area contributed by atoms with Gasteiger partial charge < -0.3 is 5.32 Å². The van der Waals surface area contributed by atoms with E-state index in [0.717, 1.165) is 0 Å². The minimum absolute atomic E-state index is 0.586. The lowest BCUT2D eigenvalue weighted by Crippen LogP contribution is -2.41. The SMILES string of the molecule is CCCN(CC1CCCN1)C(c1cccs1)C(C)C. The zero-order chi connectivity index (χ0) is 13.7. The average Bonchev–Trinajstić information content (AvgIpc) is 3.02. The first kappa shape index (κ1) is 15.0. The predicted molar refractivity (Wildman–Crippen MR) is 84.8 cm³/mol. The van der Waals surface area contributed by atoms with Crippen LogP contribution in [0.25, 0.3) is 0 Å². The van der Waals surface area contributed by atoms with E-state index in [-0.39, 0.29) is 0 Å². The molecular weight excluding hydrogens is 252 g/mol. The smallest absolute Gasteiger partial charge is 0.0465 e. The van der Waals surface area contributed by atoms with Crippen molar-refractivity contribution in [3.05, 3.63) is 22.4 Å². The third-order valence-corrected chi connectivity index (χ3v) is 4.93. The molecule has 0 bridgehead atoms. The average molecular weight is 280 g/mol. The number of nitrogens with one attached hydrogen (secondary N) is 1. The highest BCUT2D eigenvalue weighted by atomic mass is 32.1. The van der Waals surface area contributed by atoms with E-state index in [2.05, 4.69) is 48.5 Å². The lowest BCUT2D eigenvalue weighted by atomic mass is 9.99. The highest BCUT2D eigenvalue weighted by Gasteiger charge is 2.27. The van der Waals surface area contributed by atoms with Crippen LogP contribution in [0.3, 0.4) is 0 Å². The molecule has 2 nitrogen and oxygen atoms in total. The third kappa shape index (κ3) is 4.04. The molecule has 1 fully saturated rings. The Kier molecular flexibility index (Phi) is 5.86. The van der Waals surface area contributed by atoms with Gasteiger partial charge in [0.05, 0.1) is 0 Å². The molecule has 0 spiro atoms. The van der Waals surface area contributed by atoms with Crippen molar-refractivity contribution >= 4 is 11.3 Å². The standard InChI is InChI=1S/C16H28N2S/c1-4-10-18(12-14-7-5-9-17-14)16(13(2)3)15-8-6-11-19-15/h6,8,11,13-14,16-17H,4-5,7,9-10,12H2,1-3H3. The minimum atomic E-state index is 0.586. The molecule has 2 rings (SSSR count). The lowest BCUT2D eigenvalue weighted by Gasteiger charge is -2.35. The van der Waals surface area contributed by atoms with Gasteiger partial charge in [-0.15, -0.1) is 11.3 Å².